The fourth-order valence-electron chi connectivity index (χ4n) is 1.30. The molecule has 0 bridgehead atoms. The Kier molecular flexibility index (Phi) is 5.58. The quantitative estimate of drug-likeness (QED) is 0.706. The van der Waals surface area contributed by atoms with Crippen LogP contribution in [0, 0.1) is 11.3 Å². The van der Waals surface area contributed by atoms with Gasteiger partial charge in [0.25, 0.3) is 0 Å². The van der Waals surface area contributed by atoms with E-state index in [1.807, 2.05) is 27.7 Å². The molecule has 0 aromatic heterocycles. The average molecular weight is 256 g/mol. The smallest absolute Gasteiger partial charge is 0.212 e. The summed E-state index contributed by atoms with van der Waals surface area (Å²) < 4.78 is 25.1. The van der Waals surface area contributed by atoms with Gasteiger partial charge in [-0.1, -0.05) is 27.7 Å². The van der Waals surface area contributed by atoms with Gasteiger partial charge in [0.15, 0.2) is 0 Å². The molecule has 0 aliphatic carbocycles. The molecule has 0 heterocycles. The molecule has 0 rings (SSSR count). The lowest BCUT2D eigenvalue weighted by Crippen LogP contribution is -2.37. The highest BCUT2D eigenvalue weighted by Crippen LogP contribution is 2.17. The van der Waals surface area contributed by atoms with Gasteiger partial charge in [-0.2, -0.15) is 0 Å². The van der Waals surface area contributed by atoms with E-state index >= 15 is 0 Å². The van der Waals surface area contributed by atoms with Crippen molar-refractivity contribution < 1.29 is 8.42 Å². The molecule has 92 valence electrons. The van der Waals surface area contributed by atoms with Gasteiger partial charge in [0, 0.05) is 19.5 Å². The molecular weight excluding hydrogens is 234 g/mol. The van der Waals surface area contributed by atoms with Gasteiger partial charge in [-0.3, -0.25) is 0 Å². The molecule has 0 aromatic rings. The van der Waals surface area contributed by atoms with Crippen molar-refractivity contribution in [1.82, 2.24) is 4.31 Å². The van der Waals surface area contributed by atoms with Crippen LogP contribution < -0.4 is 0 Å². The molecule has 0 saturated heterocycles. The first-order chi connectivity index (χ1) is 6.58. The molecule has 0 amide bonds. The molecule has 0 fully saturated rings. The average Bonchev–Trinajstić information content (AvgIpc) is 2.00. The largest absolute Gasteiger partial charge is 0.214 e. The van der Waals surface area contributed by atoms with Gasteiger partial charge in [0.05, 0.1) is 5.75 Å². The Labute approximate surface area is 98.8 Å². The van der Waals surface area contributed by atoms with Crippen LogP contribution >= 0.6 is 11.6 Å². The van der Waals surface area contributed by atoms with Crippen LogP contribution in [0.25, 0.3) is 0 Å². The van der Waals surface area contributed by atoms with Gasteiger partial charge in [-0.05, 0) is 11.3 Å². The van der Waals surface area contributed by atoms with Crippen LogP contribution in [0.3, 0.4) is 0 Å². The van der Waals surface area contributed by atoms with Crippen LogP contribution in [0.4, 0.5) is 0 Å². The molecule has 1 unspecified atom stereocenters. The minimum atomic E-state index is -3.16. The van der Waals surface area contributed by atoms with Crippen molar-refractivity contribution in [3.8, 4) is 0 Å². The number of sulfonamides is 1. The Morgan fingerprint density at radius 1 is 1.33 bits per heavy atom. The number of halogens is 1. The predicted octanol–water partition coefficient (Wildman–Crippen LogP) is 2.17. The summed E-state index contributed by atoms with van der Waals surface area (Å²) in [5, 5.41) is 0. The third kappa shape index (κ3) is 6.38. The molecule has 0 saturated carbocycles. The first kappa shape index (κ1) is 15.2. The minimum Gasteiger partial charge on any atom is -0.212 e. The summed E-state index contributed by atoms with van der Waals surface area (Å²) >= 11 is 5.61. The highest BCUT2D eigenvalue weighted by atomic mass is 35.5. The summed E-state index contributed by atoms with van der Waals surface area (Å²) in [6.45, 7) is 8.43. The predicted molar refractivity (Wildman–Crippen MR) is 65.8 cm³/mol. The van der Waals surface area contributed by atoms with E-state index in [2.05, 4.69) is 0 Å². The molecular formula is C10H22ClNO2S. The van der Waals surface area contributed by atoms with Crippen molar-refractivity contribution in [3.05, 3.63) is 0 Å². The molecule has 0 radical (unpaired) electrons. The van der Waals surface area contributed by atoms with E-state index in [0.717, 1.165) is 0 Å². The van der Waals surface area contributed by atoms with Crippen LogP contribution in [-0.4, -0.2) is 37.9 Å². The normalized spacial score (nSPS) is 15.7. The minimum absolute atomic E-state index is 0.000847. The van der Waals surface area contributed by atoms with E-state index in [9.17, 15) is 8.42 Å². The highest BCUT2D eigenvalue weighted by molar-refractivity contribution is 7.89. The van der Waals surface area contributed by atoms with Crippen molar-refractivity contribution in [3.63, 3.8) is 0 Å². The van der Waals surface area contributed by atoms with E-state index in [1.165, 1.54) is 4.31 Å². The van der Waals surface area contributed by atoms with Gasteiger partial charge >= 0.3 is 0 Å². The van der Waals surface area contributed by atoms with E-state index in [-0.39, 0.29) is 17.1 Å². The van der Waals surface area contributed by atoms with Crippen molar-refractivity contribution in [2.75, 3.05) is 25.2 Å². The molecule has 1 atom stereocenters. The summed E-state index contributed by atoms with van der Waals surface area (Å²) in [6, 6.07) is 0. The van der Waals surface area contributed by atoms with Gasteiger partial charge in [0.1, 0.15) is 0 Å². The third-order valence-electron chi connectivity index (χ3n) is 1.93. The van der Waals surface area contributed by atoms with Crippen LogP contribution in [0.15, 0.2) is 0 Å². The lowest BCUT2D eigenvalue weighted by atomic mass is 9.97. The molecule has 0 aromatic carbocycles. The number of alkyl halides is 1. The molecule has 0 aliphatic heterocycles. The van der Waals surface area contributed by atoms with Gasteiger partial charge < -0.3 is 0 Å². The van der Waals surface area contributed by atoms with Gasteiger partial charge in [-0.15, -0.1) is 11.6 Å². The second kappa shape index (κ2) is 5.51. The maximum absolute atomic E-state index is 11.8. The number of nitrogens with zero attached hydrogens (tertiary/aromatic N) is 1. The van der Waals surface area contributed by atoms with E-state index in [4.69, 9.17) is 11.6 Å². The van der Waals surface area contributed by atoms with Crippen LogP contribution in [0.1, 0.15) is 27.7 Å². The standard InChI is InChI=1S/C10H22ClNO2S/c1-9(6-11)7-15(13,14)12(5)8-10(2,3)4/h9H,6-8H2,1-5H3. The molecule has 3 nitrogen and oxygen atoms in total. The summed E-state index contributed by atoms with van der Waals surface area (Å²) in [5.41, 5.74) is -0.0218. The van der Waals surface area contributed by atoms with Crippen molar-refractivity contribution in [2.45, 2.75) is 27.7 Å². The zero-order valence-electron chi connectivity index (χ0n) is 10.2. The van der Waals surface area contributed by atoms with Crippen molar-refractivity contribution in [2.24, 2.45) is 11.3 Å². The van der Waals surface area contributed by atoms with Crippen LogP contribution in [-0.2, 0) is 10.0 Å². The summed E-state index contributed by atoms with van der Waals surface area (Å²) in [5.74, 6) is 0.505. The van der Waals surface area contributed by atoms with Crippen LogP contribution in [0.2, 0.25) is 0 Å². The monoisotopic (exact) mass is 255 g/mol. The van der Waals surface area contributed by atoms with E-state index in [0.29, 0.717) is 12.4 Å². The molecule has 15 heavy (non-hydrogen) atoms. The Morgan fingerprint density at radius 2 is 1.80 bits per heavy atom. The second-order valence-corrected chi connectivity index (χ2v) is 7.78. The Balaban J connectivity index is 4.47. The Bertz CT molecular complexity index is 282. The first-order valence-electron chi connectivity index (χ1n) is 5.08. The maximum atomic E-state index is 11.8. The Morgan fingerprint density at radius 3 is 2.13 bits per heavy atom. The SMILES string of the molecule is CC(CCl)CS(=O)(=O)N(C)CC(C)(C)C. The zero-order chi connectivity index (χ0) is 12.3. The van der Waals surface area contributed by atoms with Crippen molar-refractivity contribution >= 4 is 21.6 Å². The van der Waals surface area contributed by atoms with E-state index in [1.54, 1.807) is 7.05 Å². The topological polar surface area (TPSA) is 37.4 Å². The van der Waals surface area contributed by atoms with Crippen molar-refractivity contribution in [1.29, 1.82) is 0 Å². The van der Waals surface area contributed by atoms with Gasteiger partial charge in [-0.25, -0.2) is 12.7 Å². The van der Waals surface area contributed by atoms with Crippen LogP contribution in [0.5, 0.6) is 0 Å². The fraction of sp³-hybridized carbons (Fsp3) is 1.00. The Hall–Kier alpha value is 0.200. The summed E-state index contributed by atoms with van der Waals surface area (Å²) in [4.78, 5) is 0. The molecule has 0 N–H and O–H groups in total. The lowest BCUT2D eigenvalue weighted by molar-refractivity contribution is 0.310. The lowest BCUT2D eigenvalue weighted by Gasteiger charge is -2.26. The van der Waals surface area contributed by atoms with E-state index < -0.39 is 10.0 Å². The fourth-order valence-corrected chi connectivity index (χ4v) is 3.21. The summed E-state index contributed by atoms with van der Waals surface area (Å²) in [6.07, 6.45) is 0. The third-order valence-corrected chi connectivity index (χ3v) is 4.53. The number of hydrogen-bond acceptors (Lipinski definition) is 2. The second-order valence-electron chi connectivity index (χ2n) is 5.35. The maximum Gasteiger partial charge on any atom is 0.214 e. The summed E-state index contributed by atoms with van der Waals surface area (Å²) in [7, 11) is -1.53. The molecule has 5 heteroatoms. The first-order valence-corrected chi connectivity index (χ1v) is 7.23. The number of hydrogen-bond donors (Lipinski definition) is 0. The van der Waals surface area contributed by atoms with Gasteiger partial charge in [0.2, 0.25) is 10.0 Å². The number of rotatable bonds is 5. The zero-order valence-corrected chi connectivity index (χ0v) is 11.8. The molecule has 0 spiro atoms. The molecule has 0 aliphatic rings. The highest BCUT2D eigenvalue weighted by Gasteiger charge is 2.24.